The molecule has 0 heterocycles. The number of benzene rings is 4. The SMILES string of the molecule is Cc1ccc(-c2cc(F)c(-c3ccc(C(F)(F)Oc4cc(F)c(C)c(F)c4)cc3)c(F)c2)cc1. The van der Waals surface area contributed by atoms with E-state index < -0.39 is 40.7 Å². The van der Waals surface area contributed by atoms with Crippen LogP contribution < -0.4 is 4.74 Å². The van der Waals surface area contributed by atoms with Gasteiger partial charge in [0.1, 0.15) is 29.0 Å². The van der Waals surface area contributed by atoms with E-state index >= 15 is 0 Å². The molecule has 1 nitrogen and oxygen atoms in total. The Kier molecular flexibility index (Phi) is 6.13. The van der Waals surface area contributed by atoms with Crippen LogP contribution in [0, 0.1) is 37.1 Å². The van der Waals surface area contributed by atoms with Gasteiger partial charge >= 0.3 is 6.11 Å². The zero-order chi connectivity index (χ0) is 24.6. The standard InChI is InChI=1S/C27H18F6O/c1-15-3-5-17(6-4-15)19-11-24(30)26(25(31)12-19)18-7-9-20(10-8-18)27(32,33)34-21-13-22(28)16(2)23(29)14-21/h3-14H,1-2H3. The molecular formula is C27H18F6O. The van der Waals surface area contributed by atoms with Gasteiger partial charge in [0.05, 0.1) is 11.1 Å². The van der Waals surface area contributed by atoms with Crippen LogP contribution >= 0.6 is 0 Å². The Morgan fingerprint density at radius 3 is 1.62 bits per heavy atom. The molecule has 0 fully saturated rings. The maximum Gasteiger partial charge on any atom is 0.426 e. The molecule has 0 N–H and O–H groups in total. The maximum absolute atomic E-state index is 14.8. The fourth-order valence-corrected chi connectivity index (χ4v) is 3.48. The number of aryl methyl sites for hydroxylation is 1. The summed E-state index contributed by atoms with van der Waals surface area (Å²) < 4.78 is 90.5. The highest BCUT2D eigenvalue weighted by atomic mass is 19.3. The first-order valence-electron chi connectivity index (χ1n) is 10.2. The van der Waals surface area contributed by atoms with Crippen molar-refractivity contribution in [1.29, 1.82) is 0 Å². The molecule has 0 aromatic heterocycles. The van der Waals surface area contributed by atoms with Crippen molar-refractivity contribution in [2.45, 2.75) is 20.0 Å². The third-order valence-corrected chi connectivity index (χ3v) is 5.44. The van der Waals surface area contributed by atoms with Gasteiger partial charge in [0.15, 0.2) is 0 Å². The first-order chi connectivity index (χ1) is 16.0. The smallest absolute Gasteiger partial charge is 0.426 e. The monoisotopic (exact) mass is 472 g/mol. The normalized spacial score (nSPS) is 11.5. The predicted octanol–water partition coefficient (Wildman–Crippen LogP) is 8.32. The van der Waals surface area contributed by atoms with Gasteiger partial charge in [0, 0.05) is 17.7 Å². The van der Waals surface area contributed by atoms with Gasteiger partial charge in [-0.3, -0.25) is 0 Å². The molecule has 0 atom stereocenters. The van der Waals surface area contributed by atoms with Crippen molar-refractivity contribution >= 4 is 0 Å². The number of hydrogen-bond donors (Lipinski definition) is 0. The van der Waals surface area contributed by atoms with Gasteiger partial charge in [-0.2, -0.15) is 8.78 Å². The van der Waals surface area contributed by atoms with Gasteiger partial charge in [-0.25, -0.2) is 17.6 Å². The van der Waals surface area contributed by atoms with Crippen LogP contribution in [-0.2, 0) is 6.11 Å². The zero-order valence-corrected chi connectivity index (χ0v) is 18.1. The van der Waals surface area contributed by atoms with Crippen LogP contribution in [0.1, 0.15) is 16.7 Å². The molecule has 0 spiro atoms. The largest absolute Gasteiger partial charge is 0.429 e. The molecule has 0 aliphatic heterocycles. The number of hydrogen-bond acceptors (Lipinski definition) is 1. The van der Waals surface area contributed by atoms with E-state index in [1.807, 2.05) is 19.1 Å². The number of alkyl halides is 2. The first kappa shape index (κ1) is 23.4. The van der Waals surface area contributed by atoms with Gasteiger partial charge in [0.2, 0.25) is 0 Å². The lowest BCUT2D eigenvalue weighted by Gasteiger charge is -2.19. The summed E-state index contributed by atoms with van der Waals surface area (Å²) in [5, 5.41) is 0. The number of rotatable bonds is 5. The second-order valence-electron chi connectivity index (χ2n) is 7.89. The van der Waals surface area contributed by atoms with E-state index in [9.17, 15) is 26.3 Å². The summed E-state index contributed by atoms with van der Waals surface area (Å²) in [4.78, 5) is 0. The molecule has 0 unspecified atom stereocenters. The zero-order valence-electron chi connectivity index (χ0n) is 18.1. The molecule has 0 amide bonds. The molecule has 0 saturated carbocycles. The van der Waals surface area contributed by atoms with Crippen molar-refractivity contribution in [1.82, 2.24) is 0 Å². The molecule has 0 radical (unpaired) electrons. The van der Waals surface area contributed by atoms with Crippen molar-refractivity contribution in [3.63, 3.8) is 0 Å². The maximum atomic E-state index is 14.8. The lowest BCUT2D eigenvalue weighted by Crippen LogP contribution is -2.22. The molecule has 7 heteroatoms. The third kappa shape index (κ3) is 4.64. The molecule has 0 aliphatic rings. The Morgan fingerprint density at radius 1 is 0.588 bits per heavy atom. The number of ether oxygens (including phenoxy) is 1. The van der Waals surface area contributed by atoms with Crippen LogP contribution in [0.15, 0.2) is 72.8 Å². The number of halogens is 6. The van der Waals surface area contributed by atoms with E-state index in [-0.39, 0.29) is 16.7 Å². The van der Waals surface area contributed by atoms with Crippen molar-refractivity contribution in [3.8, 4) is 28.0 Å². The lowest BCUT2D eigenvalue weighted by atomic mass is 9.97. The summed E-state index contributed by atoms with van der Waals surface area (Å²) in [6.45, 7) is 3.06. The quantitative estimate of drug-likeness (QED) is 0.265. The van der Waals surface area contributed by atoms with E-state index in [1.54, 1.807) is 12.1 Å². The summed E-state index contributed by atoms with van der Waals surface area (Å²) >= 11 is 0. The van der Waals surface area contributed by atoms with Crippen molar-refractivity contribution in [2.75, 3.05) is 0 Å². The topological polar surface area (TPSA) is 9.23 Å². The second-order valence-corrected chi connectivity index (χ2v) is 7.89. The van der Waals surface area contributed by atoms with E-state index in [4.69, 9.17) is 0 Å². The molecule has 4 aromatic carbocycles. The first-order valence-corrected chi connectivity index (χ1v) is 10.2. The highest BCUT2D eigenvalue weighted by molar-refractivity contribution is 5.72. The minimum atomic E-state index is -3.95. The fourth-order valence-electron chi connectivity index (χ4n) is 3.48. The Hall–Kier alpha value is -3.74. The summed E-state index contributed by atoms with van der Waals surface area (Å²) in [6, 6.07) is 14.9. The highest BCUT2D eigenvalue weighted by Gasteiger charge is 2.35. The lowest BCUT2D eigenvalue weighted by molar-refractivity contribution is -0.185. The van der Waals surface area contributed by atoms with Gasteiger partial charge in [-0.1, -0.05) is 42.0 Å². The Bertz CT molecular complexity index is 1300. The Morgan fingerprint density at radius 2 is 1.09 bits per heavy atom. The molecule has 0 aliphatic carbocycles. The fraction of sp³-hybridized carbons (Fsp3) is 0.111. The molecule has 174 valence electrons. The molecule has 0 bridgehead atoms. The summed E-state index contributed by atoms with van der Waals surface area (Å²) in [7, 11) is 0. The summed E-state index contributed by atoms with van der Waals surface area (Å²) in [6.07, 6.45) is -3.95. The molecule has 4 rings (SSSR count). The van der Waals surface area contributed by atoms with E-state index in [0.29, 0.717) is 23.3 Å². The average molecular weight is 472 g/mol. The molecule has 0 saturated heterocycles. The summed E-state index contributed by atoms with van der Waals surface area (Å²) in [5.41, 5.74) is 0.665. The van der Waals surface area contributed by atoms with Crippen LogP contribution in [0.4, 0.5) is 26.3 Å². The van der Waals surface area contributed by atoms with E-state index in [1.165, 1.54) is 12.1 Å². The Labute approximate surface area is 192 Å². The van der Waals surface area contributed by atoms with Crippen LogP contribution in [-0.4, -0.2) is 0 Å². The van der Waals surface area contributed by atoms with E-state index in [0.717, 1.165) is 36.8 Å². The summed E-state index contributed by atoms with van der Waals surface area (Å²) in [5.74, 6) is -4.45. The highest BCUT2D eigenvalue weighted by Crippen LogP contribution is 2.36. The van der Waals surface area contributed by atoms with Crippen LogP contribution in [0.5, 0.6) is 5.75 Å². The molecular weight excluding hydrogens is 454 g/mol. The van der Waals surface area contributed by atoms with Crippen molar-refractivity contribution in [2.24, 2.45) is 0 Å². The van der Waals surface area contributed by atoms with E-state index in [2.05, 4.69) is 4.74 Å². The minimum Gasteiger partial charge on any atom is -0.429 e. The van der Waals surface area contributed by atoms with Crippen LogP contribution in [0.3, 0.4) is 0 Å². The second kappa shape index (κ2) is 8.89. The van der Waals surface area contributed by atoms with Crippen molar-refractivity contribution in [3.05, 3.63) is 113 Å². The van der Waals surface area contributed by atoms with Gasteiger partial charge in [-0.15, -0.1) is 0 Å². The van der Waals surface area contributed by atoms with Gasteiger partial charge < -0.3 is 4.74 Å². The van der Waals surface area contributed by atoms with Gasteiger partial charge in [0.25, 0.3) is 0 Å². The van der Waals surface area contributed by atoms with Crippen molar-refractivity contribution < 1.29 is 31.1 Å². The minimum absolute atomic E-state index is 0.0393. The Balaban J connectivity index is 1.61. The third-order valence-electron chi connectivity index (χ3n) is 5.44. The van der Waals surface area contributed by atoms with Gasteiger partial charge in [-0.05, 0) is 54.8 Å². The van der Waals surface area contributed by atoms with Crippen LogP contribution in [0.2, 0.25) is 0 Å². The average Bonchev–Trinajstić information content (AvgIpc) is 2.77. The predicted molar refractivity (Wildman–Crippen MR) is 118 cm³/mol. The molecule has 34 heavy (non-hydrogen) atoms. The van der Waals surface area contributed by atoms with Crippen LogP contribution in [0.25, 0.3) is 22.3 Å². The molecule has 4 aromatic rings.